The summed E-state index contributed by atoms with van der Waals surface area (Å²) >= 11 is 6.01. The highest BCUT2D eigenvalue weighted by atomic mass is 35.5. The Balaban J connectivity index is 1.89. The van der Waals surface area contributed by atoms with E-state index in [9.17, 15) is 9.59 Å². The minimum Gasteiger partial charge on any atom is -0.277 e. The van der Waals surface area contributed by atoms with Gasteiger partial charge in [0.05, 0.1) is 22.2 Å². The molecular weight excluding hydrogens is 376 g/mol. The Hall–Kier alpha value is -3.51. The molecule has 0 saturated carbocycles. The van der Waals surface area contributed by atoms with Crippen LogP contribution >= 0.6 is 11.6 Å². The van der Waals surface area contributed by atoms with E-state index in [2.05, 4.69) is 4.98 Å². The fraction of sp³-hybridized carbons (Fsp3) is 0.0476. The van der Waals surface area contributed by atoms with Gasteiger partial charge in [-0.3, -0.25) is 14.5 Å². The standard InChI is InChI=1S/C21H13ClN4O2/c1-25-20(27)15-11-23-19-17(16(15)21(25)28)18(12-5-3-2-4-6-12)24-26(19)14-9-7-13(22)8-10-14/h2-11H,1H3. The van der Waals surface area contributed by atoms with Crippen LogP contribution in [-0.2, 0) is 0 Å². The van der Waals surface area contributed by atoms with Gasteiger partial charge < -0.3 is 0 Å². The van der Waals surface area contributed by atoms with Crippen LogP contribution in [0.1, 0.15) is 20.7 Å². The number of hydrogen-bond acceptors (Lipinski definition) is 4. The zero-order chi connectivity index (χ0) is 19.4. The zero-order valence-corrected chi connectivity index (χ0v) is 15.5. The van der Waals surface area contributed by atoms with Gasteiger partial charge in [-0.15, -0.1) is 0 Å². The van der Waals surface area contributed by atoms with Gasteiger partial charge in [-0.25, -0.2) is 9.67 Å². The molecule has 1 aliphatic heterocycles. The highest BCUT2D eigenvalue weighted by molar-refractivity contribution is 6.30. The minimum atomic E-state index is -0.354. The van der Waals surface area contributed by atoms with E-state index in [0.717, 1.165) is 16.2 Å². The van der Waals surface area contributed by atoms with Gasteiger partial charge in [-0.1, -0.05) is 41.9 Å². The SMILES string of the molecule is CN1C(=O)c2cnc3c(c(-c4ccccc4)nn3-c3ccc(Cl)cc3)c2C1=O. The van der Waals surface area contributed by atoms with Crippen molar-refractivity contribution in [2.24, 2.45) is 0 Å². The van der Waals surface area contributed by atoms with Gasteiger partial charge in [0.25, 0.3) is 11.8 Å². The predicted octanol–water partition coefficient (Wildman–Crippen LogP) is 3.97. The Bertz CT molecular complexity index is 1260. The number of benzene rings is 2. The third-order valence-corrected chi connectivity index (χ3v) is 5.12. The summed E-state index contributed by atoms with van der Waals surface area (Å²) in [5.41, 5.74) is 3.35. The van der Waals surface area contributed by atoms with Crippen molar-refractivity contribution in [1.29, 1.82) is 0 Å². The fourth-order valence-corrected chi connectivity index (χ4v) is 3.59. The average molecular weight is 389 g/mol. The van der Waals surface area contributed by atoms with E-state index in [1.807, 2.05) is 42.5 Å². The summed E-state index contributed by atoms with van der Waals surface area (Å²) in [7, 11) is 1.47. The molecule has 28 heavy (non-hydrogen) atoms. The molecule has 0 atom stereocenters. The van der Waals surface area contributed by atoms with Crippen LogP contribution in [0.4, 0.5) is 0 Å². The average Bonchev–Trinajstić information content (AvgIpc) is 3.21. The molecule has 5 rings (SSSR count). The fourth-order valence-electron chi connectivity index (χ4n) is 3.47. The van der Waals surface area contributed by atoms with E-state index in [-0.39, 0.29) is 11.8 Å². The van der Waals surface area contributed by atoms with Crippen LogP contribution in [0.5, 0.6) is 0 Å². The maximum Gasteiger partial charge on any atom is 0.262 e. The molecule has 1 aliphatic rings. The number of hydrogen-bond donors (Lipinski definition) is 0. The summed E-state index contributed by atoms with van der Waals surface area (Å²) in [4.78, 5) is 30.8. The lowest BCUT2D eigenvalue weighted by Crippen LogP contribution is -2.24. The van der Waals surface area contributed by atoms with Crippen molar-refractivity contribution in [2.75, 3.05) is 7.05 Å². The van der Waals surface area contributed by atoms with E-state index in [1.54, 1.807) is 16.8 Å². The quantitative estimate of drug-likeness (QED) is 0.487. The zero-order valence-electron chi connectivity index (χ0n) is 14.8. The Labute approximate surface area is 165 Å². The monoisotopic (exact) mass is 388 g/mol. The van der Waals surface area contributed by atoms with Crippen molar-refractivity contribution >= 4 is 34.4 Å². The number of amides is 2. The lowest BCUT2D eigenvalue weighted by atomic mass is 10.0. The van der Waals surface area contributed by atoms with Gasteiger partial charge in [0.15, 0.2) is 5.65 Å². The van der Waals surface area contributed by atoms with Gasteiger partial charge in [0.1, 0.15) is 5.69 Å². The van der Waals surface area contributed by atoms with Gasteiger partial charge >= 0.3 is 0 Å². The van der Waals surface area contributed by atoms with Gasteiger partial charge in [-0.2, -0.15) is 5.10 Å². The Kier molecular flexibility index (Phi) is 3.57. The van der Waals surface area contributed by atoms with Gasteiger partial charge in [0.2, 0.25) is 0 Å². The Morgan fingerprint density at radius 2 is 1.64 bits per heavy atom. The van der Waals surface area contributed by atoms with Crippen molar-refractivity contribution in [3.05, 3.63) is 76.9 Å². The first kappa shape index (κ1) is 16.6. The summed E-state index contributed by atoms with van der Waals surface area (Å²) < 4.78 is 1.67. The molecule has 0 fully saturated rings. The first-order chi connectivity index (χ1) is 13.6. The third kappa shape index (κ3) is 2.28. The third-order valence-electron chi connectivity index (χ3n) is 4.87. The van der Waals surface area contributed by atoms with Crippen LogP contribution in [0.15, 0.2) is 60.8 Å². The molecule has 0 spiro atoms. The summed E-state index contributed by atoms with van der Waals surface area (Å²) in [6, 6.07) is 16.7. The lowest BCUT2D eigenvalue weighted by molar-refractivity contribution is 0.0693. The number of nitrogens with zero attached hydrogens (tertiary/aromatic N) is 4. The molecular formula is C21H13ClN4O2. The smallest absolute Gasteiger partial charge is 0.262 e. The number of fused-ring (bicyclic) bond motifs is 3. The summed E-state index contributed by atoms with van der Waals surface area (Å²) in [5.74, 6) is -0.701. The molecule has 0 aliphatic carbocycles. The second-order valence-corrected chi connectivity index (χ2v) is 6.95. The van der Waals surface area contributed by atoms with Crippen molar-refractivity contribution in [1.82, 2.24) is 19.7 Å². The first-order valence-corrected chi connectivity index (χ1v) is 8.99. The Morgan fingerprint density at radius 3 is 2.36 bits per heavy atom. The van der Waals surface area contributed by atoms with Crippen LogP contribution in [-0.4, -0.2) is 38.5 Å². The molecule has 2 aromatic heterocycles. The molecule has 136 valence electrons. The number of carbonyl (C=O) groups excluding carboxylic acids is 2. The second-order valence-electron chi connectivity index (χ2n) is 6.52. The minimum absolute atomic E-state index is 0.299. The van der Waals surface area contributed by atoms with Crippen LogP contribution in [0.25, 0.3) is 28.0 Å². The molecule has 0 bridgehead atoms. The maximum atomic E-state index is 12.8. The van der Waals surface area contributed by atoms with Crippen molar-refractivity contribution in [3.8, 4) is 16.9 Å². The van der Waals surface area contributed by atoms with E-state index in [1.165, 1.54) is 13.2 Å². The maximum absolute atomic E-state index is 12.8. The number of halogens is 1. The van der Waals surface area contributed by atoms with E-state index < -0.39 is 0 Å². The molecule has 0 saturated heterocycles. The molecule has 4 aromatic rings. The van der Waals surface area contributed by atoms with E-state index in [0.29, 0.717) is 32.9 Å². The predicted molar refractivity (Wildman–Crippen MR) is 106 cm³/mol. The van der Waals surface area contributed by atoms with Gasteiger partial charge in [-0.05, 0) is 24.3 Å². The van der Waals surface area contributed by atoms with Crippen LogP contribution < -0.4 is 0 Å². The summed E-state index contributed by atoms with van der Waals surface area (Å²) in [5, 5.41) is 5.93. The normalized spacial score (nSPS) is 13.4. The molecule has 2 aromatic carbocycles. The van der Waals surface area contributed by atoms with Crippen LogP contribution in [0, 0.1) is 0 Å². The van der Waals surface area contributed by atoms with Crippen LogP contribution in [0.3, 0.4) is 0 Å². The van der Waals surface area contributed by atoms with Crippen molar-refractivity contribution < 1.29 is 9.59 Å². The number of aromatic nitrogens is 3. The van der Waals surface area contributed by atoms with Crippen LogP contribution in [0.2, 0.25) is 5.02 Å². The van der Waals surface area contributed by atoms with Gasteiger partial charge in [0, 0.05) is 23.8 Å². The van der Waals surface area contributed by atoms with E-state index >= 15 is 0 Å². The molecule has 3 heterocycles. The molecule has 0 unspecified atom stereocenters. The first-order valence-electron chi connectivity index (χ1n) is 8.62. The lowest BCUT2D eigenvalue weighted by Gasteiger charge is -2.04. The number of imide groups is 1. The molecule has 7 heteroatoms. The van der Waals surface area contributed by atoms with Crippen molar-refractivity contribution in [3.63, 3.8) is 0 Å². The van der Waals surface area contributed by atoms with E-state index in [4.69, 9.17) is 16.7 Å². The highest BCUT2D eigenvalue weighted by Crippen LogP contribution is 2.36. The summed E-state index contributed by atoms with van der Waals surface area (Å²) in [6.07, 6.45) is 1.45. The number of rotatable bonds is 2. The molecule has 0 radical (unpaired) electrons. The second kappa shape index (κ2) is 6.00. The van der Waals surface area contributed by atoms with Crippen molar-refractivity contribution in [2.45, 2.75) is 0 Å². The molecule has 6 nitrogen and oxygen atoms in total. The Morgan fingerprint density at radius 1 is 0.929 bits per heavy atom. The highest BCUT2D eigenvalue weighted by Gasteiger charge is 2.37. The number of pyridine rings is 1. The number of carbonyl (C=O) groups is 2. The topological polar surface area (TPSA) is 68.1 Å². The largest absolute Gasteiger partial charge is 0.277 e. The molecule has 0 N–H and O–H groups in total. The molecule has 2 amide bonds. The summed E-state index contributed by atoms with van der Waals surface area (Å²) in [6.45, 7) is 0.